The van der Waals surface area contributed by atoms with Crippen LogP contribution in [0.1, 0.15) is 50.2 Å². The lowest BCUT2D eigenvalue weighted by molar-refractivity contribution is -0.0390. The molecule has 0 radical (unpaired) electrons. The van der Waals surface area contributed by atoms with Crippen LogP contribution in [-0.2, 0) is 27.4 Å². The molecule has 0 amide bonds. The van der Waals surface area contributed by atoms with Gasteiger partial charge in [-0.3, -0.25) is 0 Å². The number of hydrogen-bond acceptors (Lipinski definition) is 4. The first-order valence-corrected chi connectivity index (χ1v) is 11.6. The maximum atomic E-state index is 6.07. The predicted octanol–water partition coefficient (Wildman–Crippen LogP) is 4.21. The van der Waals surface area contributed by atoms with Gasteiger partial charge in [-0.05, 0) is 56.1 Å². The quantitative estimate of drug-likeness (QED) is 0.286. The lowest BCUT2D eigenvalue weighted by atomic mass is 9.96. The summed E-state index contributed by atoms with van der Waals surface area (Å²) in [5.74, 6) is 1.75. The standard InChI is InChI=1S/C24H39N3O3.HI/c1-3-25-24(27(2)12-7-20-8-13-28-14-9-20)26-18-21-5-4-6-22(17-21)19-30-23-10-15-29-16-11-23;/h4-6,17,20,23H,3,7-16,18-19H2,1-2H3,(H,25,26);1H. The van der Waals surface area contributed by atoms with E-state index in [1.165, 1.54) is 30.4 Å². The second kappa shape index (κ2) is 15.0. The van der Waals surface area contributed by atoms with Crippen molar-refractivity contribution in [3.8, 4) is 0 Å². The molecule has 0 bridgehead atoms. The topological polar surface area (TPSA) is 55.3 Å². The molecule has 31 heavy (non-hydrogen) atoms. The molecule has 1 aromatic carbocycles. The van der Waals surface area contributed by atoms with Crippen molar-refractivity contribution >= 4 is 29.9 Å². The van der Waals surface area contributed by atoms with Crippen LogP contribution in [0.5, 0.6) is 0 Å². The summed E-state index contributed by atoms with van der Waals surface area (Å²) in [5, 5.41) is 3.44. The molecular formula is C24H40IN3O3. The van der Waals surface area contributed by atoms with E-state index >= 15 is 0 Å². The second-order valence-electron chi connectivity index (χ2n) is 8.38. The number of aliphatic imine (C=N–C) groups is 1. The van der Waals surface area contributed by atoms with E-state index in [4.69, 9.17) is 19.2 Å². The zero-order chi connectivity index (χ0) is 21.0. The first kappa shape index (κ1) is 26.4. The van der Waals surface area contributed by atoms with Gasteiger partial charge in [-0.1, -0.05) is 24.3 Å². The molecule has 0 spiro atoms. The van der Waals surface area contributed by atoms with E-state index in [9.17, 15) is 0 Å². The SMILES string of the molecule is CCNC(=NCc1cccc(COC2CCOCC2)c1)N(C)CCC1CCOCC1.I. The first-order chi connectivity index (χ1) is 14.7. The van der Waals surface area contributed by atoms with Crippen LogP contribution in [0.3, 0.4) is 0 Å². The normalized spacial score (nSPS) is 18.5. The van der Waals surface area contributed by atoms with Gasteiger partial charge >= 0.3 is 0 Å². The molecule has 0 unspecified atom stereocenters. The minimum atomic E-state index is 0. The third kappa shape index (κ3) is 9.63. The number of benzene rings is 1. The zero-order valence-electron chi connectivity index (χ0n) is 19.2. The van der Waals surface area contributed by atoms with Crippen molar-refractivity contribution in [1.82, 2.24) is 10.2 Å². The summed E-state index contributed by atoms with van der Waals surface area (Å²) in [5.41, 5.74) is 2.43. The number of guanidine groups is 1. The van der Waals surface area contributed by atoms with Gasteiger partial charge in [0.1, 0.15) is 0 Å². The van der Waals surface area contributed by atoms with Gasteiger partial charge in [0.2, 0.25) is 0 Å². The maximum Gasteiger partial charge on any atom is 0.193 e. The van der Waals surface area contributed by atoms with E-state index < -0.39 is 0 Å². The molecule has 7 heteroatoms. The van der Waals surface area contributed by atoms with Gasteiger partial charge in [-0.2, -0.15) is 0 Å². The Morgan fingerprint density at radius 2 is 1.77 bits per heavy atom. The number of nitrogens with zero attached hydrogens (tertiary/aromatic N) is 2. The van der Waals surface area contributed by atoms with Crippen molar-refractivity contribution < 1.29 is 14.2 Å². The molecule has 0 atom stereocenters. The fourth-order valence-corrected chi connectivity index (χ4v) is 4.03. The number of nitrogens with one attached hydrogen (secondary N) is 1. The summed E-state index contributed by atoms with van der Waals surface area (Å²) in [6.45, 7) is 8.81. The molecule has 0 saturated carbocycles. The summed E-state index contributed by atoms with van der Waals surface area (Å²) in [6.07, 6.45) is 5.88. The number of halogens is 1. The van der Waals surface area contributed by atoms with Gasteiger partial charge in [0.25, 0.3) is 0 Å². The van der Waals surface area contributed by atoms with Crippen LogP contribution in [0.2, 0.25) is 0 Å². The minimum Gasteiger partial charge on any atom is -0.381 e. The Morgan fingerprint density at radius 3 is 2.48 bits per heavy atom. The highest BCUT2D eigenvalue weighted by Gasteiger charge is 2.16. The highest BCUT2D eigenvalue weighted by atomic mass is 127. The molecule has 2 heterocycles. The lowest BCUT2D eigenvalue weighted by Crippen LogP contribution is -2.40. The minimum absolute atomic E-state index is 0. The Morgan fingerprint density at radius 1 is 1.10 bits per heavy atom. The Bertz CT molecular complexity index is 647. The third-order valence-electron chi connectivity index (χ3n) is 5.97. The molecule has 3 rings (SSSR count). The molecule has 176 valence electrons. The lowest BCUT2D eigenvalue weighted by Gasteiger charge is -2.27. The van der Waals surface area contributed by atoms with Gasteiger partial charge in [0.05, 0.1) is 19.3 Å². The average molecular weight is 546 g/mol. The Hall–Kier alpha value is -0.900. The summed E-state index contributed by atoms with van der Waals surface area (Å²) in [4.78, 5) is 7.15. The van der Waals surface area contributed by atoms with Crippen molar-refractivity contribution in [2.24, 2.45) is 10.9 Å². The third-order valence-corrected chi connectivity index (χ3v) is 5.97. The van der Waals surface area contributed by atoms with E-state index in [-0.39, 0.29) is 24.0 Å². The van der Waals surface area contributed by atoms with Gasteiger partial charge in [0, 0.05) is 46.6 Å². The average Bonchev–Trinajstić information content (AvgIpc) is 2.80. The zero-order valence-corrected chi connectivity index (χ0v) is 21.5. The molecule has 2 aliphatic heterocycles. The van der Waals surface area contributed by atoms with Crippen molar-refractivity contribution in [2.45, 2.75) is 58.3 Å². The molecule has 2 fully saturated rings. The van der Waals surface area contributed by atoms with Gasteiger partial charge < -0.3 is 24.4 Å². The van der Waals surface area contributed by atoms with Crippen LogP contribution in [-0.4, -0.2) is 63.5 Å². The molecule has 2 saturated heterocycles. The summed E-state index contributed by atoms with van der Waals surface area (Å²) >= 11 is 0. The molecule has 2 aliphatic rings. The highest BCUT2D eigenvalue weighted by Crippen LogP contribution is 2.19. The highest BCUT2D eigenvalue weighted by molar-refractivity contribution is 14.0. The van der Waals surface area contributed by atoms with E-state index in [0.717, 1.165) is 64.2 Å². The molecule has 0 aliphatic carbocycles. The number of ether oxygens (including phenoxy) is 3. The van der Waals surface area contributed by atoms with Crippen LogP contribution < -0.4 is 5.32 Å². The first-order valence-electron chi connectivity index (χ1n) is 11.6. The Balaban J connectivity index is 0.00000341. The molecule has 1 aromatic rings. The van der Waals surface area contributed by atoms with E-state index in [0.29, 0.717) is 19.3 Å². The molecule has 6 nitrogen and oxygen atoms in total. The van der Waals surface area contributed by atoms with Crippen LogP contribution in [0.15, 0.2) is 29.3 Å². The fourth-order valence-electron chi connectivity index (χ4n) is 4.03. The smallest absolute Gasteiger partial charge is 0.193 e. The Labute approximate surface area is 205 Å². The van der Waals surface area contributed by atoms with E-state index in [2.05, 4.69) is 48.5 Å². The largest absolute Gasteiger partial charge is 0.381 e. The fraction of sp³-hybridized carbons (Fsp3) is 0.708. The van der Waals surface area contributed by atoms with Crippen LogP contribution in [0, 0.1) is 5.92 Å². The number of rotatable bonds is 9. The monoisotopic (exact) mass is 545 g/mol. The molecular weight excluding hydrogens is 505 g/mol. The van der Waals surface area contributed by atoms with Crippen LogP contribution in [0.25, 0.3) is 0 Å². The van der Waals surface area contributed by atoms with E-state index in [1.807, 2.05) is 0 Å². The van der Waals surface area contributed by atoms with Gasteiger partial charge in [-0.25, -0.2) is 4.99 Å². The van der Waals surface area contributed by atoms with Crippen LogP contribution >= 0.6 is 24.0 Å². The van der Waals surface area contributed by atoms with Crippen molar-refractivity contribution in [3.05, 3.63) is 35.4 Å². The molecule has 1 N–H and O–H groups in total. The maximum absolute atomic E-state index is 6.07. The van der Waals surface area contributed by atoms with E-state index in [1.54, 1.807) is 0 Å². The van der Waals surface area contributed by atoms with Gasteiger partial charge in [-0.15, -0.1) is 24.0 Å². The second-order valence-corrected chi connectivity index (χ2v) is 8.38. The van der Waals surface area contributed by atoms with Crippen molar-refractivity contribution in [3.63, 3.8) is 0 Å². The van der Waals surface area contributed by atoms with Crippen molar-refractivity contribution in [2.75, 3.05) is 46.6 Å². The van der Waals surface area contributed by atoms with Crippen LogP contribution in [0.4, 0.5) is 0 Å². The Kier molecular flexibility index (Phi) is 12.8. The number of hydrogen-bond donors (Lipinski definition) is 1. The molecule has 0 aromatic heterocycles. The summed E-state index contributed by atoms with van der Waals surface area (Å²) in [6, 6.07) is 8.61. The summed E-state index contributed by atoms with van der Waals surface area (Å²) in [7, 11) is 2.14. The predicted molar refractivity (Wildman–Crippen MR) is 136 cm³/mol. The summed E-state index contributed by atoms with van der Waals surface area (Å²) < 4.78 is 17.0. The van der Waals surface area contributed by atoms with Gasteiger partial charge in [0.15, 0.2) is 5.96 Å². The van der Waals surface area contributed by atoms with Crippen molar-refractivity contribution in [1.29, 1.82) is 0 Å².